The Morgan fingerprint density at radius 2 is 1.81 bits per heavy atom. The van der Waals surface area contributed by atoms with Gasteiger partial charge in [0.15, 0.2) is 11.5 Å². The predicted octanol–water partition coefficient (Wildman–Crippen LogP) is 4.89. The van der Waals surface area contributed by atoms with E-state index in [4.69, 9.17) is 18.9 Å². The Labute approximate surface area is 248 Å². The van der Waals surface area contributed by atoms with Gasteiger partial charge in [0.2, 0.25) is 0 Å². The first kappa shape index (κ1) is 31.1. The largest absolute Gasteiger partial charge is 0.507 e. The summed E-state index contributed by atoms with van der Waals surface area (Å²) >= 11 is 0. The van der Waals surface area contributed by atoms with E-state index >= 15 is 0 Å². The van der Waals surface area contributed by atoms with Gasteiger partial charge in [-0.15, -0.1) is 0 Å². The lowest BCUT2D eigenvalue weighted by atomic mass is 9.94. The second-order valence-electron chi connectivity index (χ2n) is 10.5. The van der Waals surface area contributed by atoms with Crippen molar-refractivity contribution < 1.29 is 33.6 Å². The van der Waals surface area contributed by atoms with Crippen LogP contribution in [0.15, 0.2) is 54.6 Å². The lowest BCUT2D eigenvalue weighted by Crippen LogP contribution is -2.39. The summed E-state index contributed by atoms with van der Waals surface area (Å²) < 4.78 is 22.7. The summed E-state index contributed by atoms with van der Waals surface area (Å²) in [5.74, 6) is 0.167. The third-order valence-corrected chi connectivity index (χ3v) is 7.58. The molecule has 2 fully saturated rings. The van der Waals surface area contributed by atoms with Crippen molar-refractivity contribution in [1.29, 1.82) is 0 Å². The number of nitrogens with zero attached hydrogens (tertiary/aromatic N) is 2. The maximum atomic E-state index is 13.5. The molecule has 9 nitrogen and oxygen atoms in total. The fraction of sp³-hybridized carbons (Fsp3) is 0.455. The quantitative estimate of drug-likeness (QED) is 0.111. The Morgan fingerprint density at radius 3 is 2.50 bits per heavy atom. The molecule has 2 aromatic carbocycles. The van der Waals surface area contributed by atoms with Crippen molar-refractivity contribution in [2.24, 2.45) is 0 Å². The van der Waals surface area contributed by atoms with Gasteiger partial charge in [-0.1, -0.05) is 32.1 Å². The van der Waals surface area contributed by atoms with Crippen LogP contribution >= 0.6 is 0 Å². The molecule has 226 valence electrons. The number of Topliss-reactive ketones (excluding diaryl/α,β-unsaturated/α-hetero) is 1. The highest BCUT2D eigenvalue weighted by Gasteiger charge is 2.46. The van der Waals surface area contributed by atoms with Gasteiger partial charge in [0, 0.05) is 31.7 Å². The Balaban J connectivity index is 1.71. The van der Waals surface area contributed by atoms with Crippen molar-refractivity contribution in [1.82, 2.24) is 9.80 Å². The molecule has 0 radical (unpaired) electrons. The van der Waals surface area contributed by atoms with Crippen LogP contribution in [0, 0.1) is 6.92 Å². The van der Waals surface area contributed by atoms with Gasteiger partial charge in [0.25, 0.3) is 11.7 Å². The van der Waals surface area contributed by atoms with Crippen LogP contribution in [0.25, 0.3) is 5.76 Å². The first-order valence-electron chi connectivity index (χ1n) is 14.6. The molecule has 2 aliphatic heterocycles. The molecule has 9 heteroatoms. The van der Waals surface area contributed by atoms with E-state index in [0.717, 1.165) is 38.0 Å². The minimum absolute atomic E-state index is 0.0484. The van der Waals surface area contributed by atoms with E-state index in [9.17, 15) is 14.7 Å². The number of ketones is 1. The summed E-state index contributed by atoms with van der Waals surface area (Å²) in [6.07, 6.45) is 4.24. The second-order valence-corrected chi connectivity index (χ2v) is 10.5. The summed E-state index contributed by atoms with van der Waals surface area (Å²) in [5, 5.41) is 11.5. The Kier molecular flexibility index (Phi) is 11.0. The van der Waals surface area contributed by atoms with Crippen LogP contribution in [0.1, 0.15) is 48.9 Å². The highest BCUT2D eigenvalue weighted by molar-refractivity contribution is 6.46. The van der Waals surface area contributed by atoms with Crippen LogP contribution in [0.4, 0.5) is 0 Å². The van der Waals surface area contributed by atoms with Crippen molar-refractivity contribution in [3.8, 4) is 17.2 Å². The lowest BCUT2D eigenvalue weighted by molar-refractivity contribution is -0.140. The van der Waals surface area contributed by atoms with Crippen LogP contribution < -0.4 is 14.2 Å². The molecule has 2 aromatic rings. The number of amides is 1. The van der Waals surface area contributed by atoms with Crippen LogP contribution in [0.3, 0.4) is 0 Å². The number of aliphatic hydroxyl groups is 1. The van der Waals surface area contributed by atoms with E-state index in [1.54, 1.807) is 48.4 Å². The summed E-state index contributed by atoms with van der Waals surface area (Å²) in [6.45, 7) is 12.7. The molecule has 42 heavy (non-hydrogen) atoms. The molecule has 0 spiro atoms. The number of carbonyl (C=O) groups is 2. The summed E-state index contributed by atoms with van der Waals surface area (Å²) in [5.41, 5.74) is 1.92. The highest BCUT2D eigenvalue weighted by atomic mass is 16.5. The summed E-state index contributed by atoms with van der Waals surface area (Å²) in [7, 11) is 1.56. The molecule has 1 unspecified atom stereocenters. The number of methoxy groups -OCH3 is 1. The molecular formula is C33H42N2O7. The van der Waals surface area contributed by atoms with E-state index in [1.807, 2.05) is 13.0 Å². The predicted molar refractivity (Wildman–Crippen MR) is 161 cm³/mol. The minimum Gasteiger partial charge on any atom is -0.507 e. The van der Waals surface area contributed by atoms with Crippen LogP contribution in [0.2, 0.25) is 0 Å². The fourth-order valence-corrected chi connectivity index (χ4v) is 5.31. The second kappa shape index (κ2) is 14.9. The van der Waals surface area contributed by atoms with Crippen molar-refractivity contribution in [2.75, 3.05) is 59.7 Å². The van der Waals surface area contributed by atoms with Crippen molar-refractivity contribution in [3.05, 3.63) is 71.3 Å². The summed E-state index contributed by atoms with van der Waals surface area (Å²) in [4.78, 5) is 30.9. The van der Waals surface area contributed by atoms with E-state index in [0.29, 0.717) is 67.8 Å². The zero-order valence-electron chi connectivity index (χ0n) is 24.9. The summed E-state index contributed by atoms with van der Waals surface area (Å²) in [6, 6.07) is 9.82. The van der Waals surface area contributed by atoms with Gasteiger partial charge >= 0.3 is 0 Å². The van der Waals surface area contributed by atoms with E-state index in [1.165, 1.54) is 0 Å². The smallest absolute Gasteiger partial charge is 0.295 e. The standard InChI is InChI=1S/C33H42N2O7/c1-5-7-18-42-27-12-9-24(22-28(27)39-4)30-29(31(36)25-10-11-26(23(3)21-25)41-17-6-2)32(37)33(38)35(30)14-8-13-34-15-19-40-20-16-34/h6,9-12,21-22,30,36H,2,5,7-8,13-20H2,1,3-4H3. The van der Waals surface area contributed by atoms with Gasteiger partial charge in [0.05, 0.1) is 38.5 Å². The number of hydrogen-bond acceptors (Lipinski definition) is 8. The monoisotopic (exact) mass is 578 g/mol. The number of ether oxygens (including phenoxy) is 4. The van der Waals surface area contributed by atoms with Crippen LogP contribution in [0.5, 0.6) is 17.2 Å². The van der Waals surface area contributed by atoms with Crippen molar-refractivity contribution in [2.45, 2.75) is 39.2 Å². The first-order valence-corrected chi connectivity index (χ1v) is 14.6. The molecule has 2 heterocycles. The molecule has 0 bridgehead atoms. The van der Waals surface area contributed by atoms with Gasteiger partial charge in [-0.05, 0) is 61.2 Å². The Hall–Kier alpha value is -3.82. The number of aryl methyl sites for hydroxylation is 1. The third-order valence-electron chi connectivity index (χ3n) is 7.58. The van der Waals surface area contributed by atoms with E-state index < -0.39 is 17.7 Å². The number of aliphatic hydroxyl groups excluding tert-OH is 1. The van der Waals surface area contributed by atoms with Crippen molar-refractivity contribution in [3.63, 3.8) is 0 Å². The van der Waals surface area contributed by atoms with Crippen molar-refractivity contribution >= 4 is 17.4 Å². The number of morpholine rings is 1. The van der Waals surface area contributed by atoms with Gasteiger partial charge < -0.3 is 29.0 Å². The molecule has 0 aromatic heterocycles. The third kappa shape index (κ3) is 7.14. The van der Waals surface area contributed by atoms with Crippen LogP contribution in [-0.4, -0.2) is 86.3 Å². The minimum atomic E-state index is -0.787. The molecule has 1 N–H and O–H groups in total. The Bertz CT molecular complexity index is 1300. The highest BCUT2D eigenvalue weighted by Crippen LogP contribution is 2.42. The van der Waals surface area contributed by atoms with Gasteiger partial charge in [-0.2, -0.15) is 0 Å². The molecule has 0 aliphatic carbocycles. The topological polar surface area (TPSA) is 97.8 Å². The average molecular weight is 579 g/mol. The molecule has 1 amide bonds. The Morgan fingerprint density at radius 1 is 1.05 bits per heavy atom. The number of hydrogen-bond donors (Lipinski definition) is 1. The lowest BCUT2D eigenvalue weighted by Gasteiger charge is -2.29. The normalized spacial score (nSPS) is 18.7. The molecule has 2 aliphatic rings. The molecular weight excluding hydrogens is 536 g/mol. The van der Waals surface area contributed by atoms with Gasteiger partial charge in [-0.25, -0.2) is 0 Å². The zero-order valence-corrected chi connectivity index (χ0v) is 24.9. The van der Waals surface area contributed by atoms with E-state index in [-0.39, 0.29) is 11.3 Å². The zero-order chi connectivity index (χ0) is 30.1. The number of likely N-dealkylation sites (tertiary alicyclic amines) is 1. The number of benzene rings is 2. The average Bonchev–Trinajstić information content (AvgIpc) is 3.26. The molecule has 1 atom stereocenters. The molecule has 0 saturated carbocycles. The maximum Gasteiger partial charge on any atom is 0.295 e. The number of carbonyl (C=O) groups excluding carboxylic acids is 2. The number of rotatable bonds is 14. The first-order chi connectivity index (χ1) is 20.4. The molecule has 2 saturated heterocycles. The maximum absolute atomic E-state index is 13.5. The van der Waals surface area contributed by atoms with E-state index in [2.05, 4.69) is 18.4 Å². The molecule has 4 rings (SSSR count). The van der Waals surface area contributed by atoms with Gasteiger partial charge in [-0.3, -0.25) is 14.5 Å². The van der Waals surface area contributed by atoms with Gasteiger partial charge in [0.1, 0.15) is 18.1 Å². The number of unbranched alkanes of at least 4 members (excludes halogenated alkanes) is 1. The fourth-order valence-electron chi connectivity index (χ4n) is 5.31. The van der Waals surface area contributed by atoms with Crippen LogP contribution in [-0.2, 0) is 14.3 Å². The SMILES string of the molecule is C=CCOc1ccc(C(O)=C2C(=O)C(=O)N(CCCN3CCOCC3)C2c2ccc(OCCCC)c(OC)c2)cc1C.